The summed E-state index contributed by atoms with van der Waals surface area (Å²) in [7, 11) is 0. The van der Waals surface area contributed by atoms with Crippen LogP contribution in [-0.2, 0) is 0 Å². The van der Waals surface area contributed by atoms with Gasteiger partial charge in [-0.15, -0.1) is 0 Å². The first-order chi connectivity index (χ1) is 12.1. The lowest BCUT2D eigenvalue weighted by atomic mass is 10.2. The minimum atomic E-state index is 0.366. The van der Waals surface area contributed by atoms with Crippen LogP contribution < -0.4 is 21.3 Å². The maximum atomic E-state index is 5.90. The maximum absolute atomic E-state index is 5.90. The van der Waals surface area contributed by atoms with Crippen molar-refractivity contribution >= 4 is 17.1 Å². The molecule has 2 aromatic rings. The molecule has 0 bridgehead atoms. The summed E-state index contributed by atoms with van der Waals surface area (Å²) in [6, 6.07) is 18.9. The average Bonchev–Trinajstić information content (AvgIpc) is 3.25. The van der Waals surface area contributed by atoms with E-state index >= 15 is 0 Å². The molecule has 0 radical (unpaired) electrons. The quantitative estimate of drug-likeness (QED) is 0.825. The second-order valence-corrected chi connectivity index (χ2v) is 7.23. The number of para-hydroxylation sites is 3. The molecular weight excluding hydrogens is 308 g/mol. The highest BCUT2D eigenvalue weighted by molar-refractivity contribution is 5.67. The summed E-state index contributed by atoms with van der Waals surface area (Å²) < 4.78 is 0. The van der Waals surface area contributed by atoms with E-state index in [0.717, 1.165) is 44.2 Å². The second kappa shape index (κ2) is 8.26. The van der Waals surface area contributed by atoms with Crippen LogP contribution in [-0.4, -0.2) is 32.2 Å². The van der Waals surface area contributed by atoms with Gasteiger partial charge in [0, 0.05) is 37.9 Å². The summed E-state index contributed by atoms with van der Waals surface area (Å²) in [5, 5.41) is 0. The molecule has 0 aliphatic carbocycles. The fourth-order valence-corrected chi connectivity index (χ4v) is 3.59. The summed E-state index contributed by atoms with van der Waals surface area (Å²) in [5.74, 6) is 0.805. The molecule has 4 nitrogen and oxygen atoms in total. The third-order valence-corrected chi connectivity index (χ3v) is 5.05. The minimum Gasteiger partial charge on any atom is -0.397 e. The van der Waals surface area contributed by atoms with Gasteiger partial charge in [0.15, 0.2) is 0 Å². The van der Waals surface area contributed by atoms with E-state index in [0.29, 0.717) is 6.04 Å². The van der Waals surface area contributed by atoms with E-state index < -0.39 is 0 Å². The van der Waals surface area contributed by atoms with E-state index in [9.17, 15) is 0 Å². The van der Waals surface area contributed by atoms with Crippen LogP contribution >= 0.6 is 0 Å². The summed E-state index contributed by atoms with van der Waals surface area (Å²) in [4.78, 5) is 4.71. The summed E-state index contributed by atoms with van der Waals surface area (Å²) in [6.07, 6.45) is 2.41. The maximum Gasteiger partial charge on any atom is 0.0600 e. The Bertz CT molecular complexity index is 658. The Balaban J connectivity index is 0.000000146. The Labute approximate surface area is 151 Å². The first kappa shape index (κ1) is 17.6. The van der Waals surface area contributed by atoms with E-state index in [-0.39, 0.29) is 0 Å². The Morgan fingerprint density at radius 2 is 1.52 bits per heavy atom. The Kier molecular flexibility index (Phi) is 5.82. The van der Waals surface area contributed by atoms with Gasteiger partial charge in [0.2, 0.25) is 0 Å². The fraction of sp³-hybridized carbons (Fsp3) is 0.429. The van der Waals surface area contributed by atoms with Gasteiger partial charge >= 0.3 is 0 Å². The van der Waals surface area contributed by atoms with Crippen molar-refractivity contribution in [2.24, 2.45) is 11.7 Å². The van der Waals surface area contributed by atoms with Crippen LogP contribution in [0.2, 0.25) is 0 Å². The van der Waals surface area contributed by atoms with E-state index in [4.69, 9.17) is 11.5 Å². The highest BCUT2D eigenvalue weighted by Gasteiger charge is 2.20. The van der Waals surface area contributed by atoms with Crippen LogP contribution in [0.4, 0.5) is 17.1 Å². The summed E-state index contributed by atoms with van der Waals surface area (Å²) in [5.41, 5.74) is 15.1. The third-order valence-electron chi connectivity index (χ3n) is 5.05. The molecule has 0 aromatic heterocycles. The number of nitrogens with zero attached hydrogens (tertiary/aromatic N) is 2. The molecule has 0 amide bonds. The van der Waals surface area contributed by atoms with E-state index in [1.165, 1.54) is 17.8 Å². The van der Waals surface area contributed by atoms with Crippen molar-refractivity contribution in [3.63, 3.8) is 0 Å². The number of nitrogen functional groups attached to an aromatic ring is 1. The van der Waals surface area contributed by atoms with Crippen LogP contribution in [0.1, 0.15) is 19.8 Å². The van der Waals surface area contributed by atoms with Gasteiger partial charge in [-0.1, -0.05) is 37.3 Å². The third kappa shape index (κ3) is 4.67. The molecule has 2 saturated heterocycles. The standard InChI is InChI=1S/C11H16N2.C10H14N2/c1-9-6-7-13(8-9)11-5-3-2-4-10(11)12;11-9-6-7-12(8-9)10-4-2-1-3-5-10/h2-5,9H,6-8,12H2,1H3;1-5,9H,6-8,11H2. The lowest BCUT2D eigenvalue weighted by molar-refractivity contribution is 0.659. The van der Waals surface area contributed by atoms with Gasteiger partial charge in [-0.25, -0.2) is 0 Å². The molecule has 134 valence electrons. The van der Waals surface area contributed by atoms with Crippen LogP contribution in [0.3, 0.4) is 0 Å². The van der Waals surface area contributed by atoms with E-state index in [1.807, 2.05) is 18.2 Å². The van der Waals surface area contributed by atoms with Crippen molar-refractivity contribution in [1.82, 2.24) is 0 Å². The zero-order chi connectivity index (χ0) is 17.6. The van der Waals surface area contributed by atoms with Crippen LogP contribution in [0.25, 0.3) is 0 Å². The van der Waals surface area contributed by atoms with E-state index in [2.05, 4.69) is 53.1 Å². The van der Waals surface area contributed by atoms with Crippen molar-refractivity contribution in [1.29, 1.82) is 0 Å². The van der Waals surface area contributed by atoms with Crippen molar-refractivity contribution in [2.75, 3.05) is 41.7 Å². The number of benzene rings is 2. The molecule has 2 atom stereocenters. The molecule has 2 heterocycles. The SMILES string of the molecule is CC1CCN(c2ccccc2N)C1.NC1CCN(c2ccccc2)C1. The lowest BCUT2D eigenvalue weighted by Crippen LogP contribution is -2.26. The minimum absolute atomic E-state index is 0.366. The molecule has 2 aliphatic heterocycles. The summed E-state index contributed by atoms with van der Waals surface area (Å²) in [6.45, 7) is 6.69. The molecule has 2 aromatic carbocycles. The molecule has 25 heavy (non-hydrogen) atoms. The molecule has 0 saturated carbocycles. The molecule has 2 fully saturated rings. The predicted octanol–water partition coefficient (Wildman–Crippen LogP) is 3.34. The van der Waals surface area contributed by atoms with Crippen LogP contribution in [0, 0.1) is 5.92 Å². The highest BCUT2D eigenvalue weighted by atomic mass is 15.2. The first-order valence-corrected chi connectivity index (χ1v) is 9.28. The topological polar surface area (TPSA) is 58.5 Å². The number of hydrogen-bond donors (Lipinski definition) is 2. The number of nitrogens with two attached hydrogens (primary N) is 2. The smallest absolute Gasteiger partial charge is 0.0600 e. The second-order valence-electron chi connectivity index (χ2n) is 7.23. The molecule has 2 unspecified atom stereocenters. The first-order valence-electron chi connectivity index (χ1n) is 9.28. The van der Waals surface area contributed by atoms with Crippen LogP contribution in [0.5, 0.6) is 0 Å². The average molecular weight is 338 g/mol. The van der Waals surface area contributed by atoms with Crippen molar-refractivity contribution in [2.45, 2.75) is 25.8 Å². The van der Waals surface area contributed by atoms with Crippen molar-refractivity contribution in [3.05, 3.63) is 54.6 Å². The lowest BCUT2D eigenvalue weighted by Gasteiger charge is -2.19. The zero-order valence-corrected chi connectivity index (χ0v) is 15.1. The highest BCUT2D eigenvalue weighted by Crippen LogP contribution is 2.27. The van der Waals surface area contributed by atoms with E-state index in [1.54, 1.807) is 0 Å². The number of hydrogen-bond acceptors (Lipinski definition) is 4. The van der Waals surface area contributed by atoms with Gasteiger partial charge in [-0.05, 0) is 43.0 Å². The zero-order valence-electron chi connectivity index (χ0n) is 15.1. The van der Waals surface area contributed by atoms with Crippen LogP contribution in [0.15, 0.2) is 54.6 Å². The van der Waals surface area contributed by atoms with Gasteiger partial charge in [0.05, 0.1) is 11.4 Å². The normalized spacial score (nSPS) is 22.6. The van der Waals surface area contributed by atoms with Gasteiger partial charge in [-0.3, -0.25) is 0 Å². The Morgan fingerprint density at radius 3 is 2.12 bits per heavy atom. The van der Waals surface area contributed by atoms with Crippen molar-refractivity contribution in [3.8, 4) is 0 Å². The van der Waals surface area contributed by atoms with Crippen molar-refractivity contribution < 1.29 is 0 Å². The molecule has 0 spiro atoms. The molecule has 4 heteroatoms. The predicted molar refractivity (Wildman–Crippen MR) is 108 cm³/mol. The molecular formula is C21H30N4. The Hall–Kier alpha value is -2.20. The molecule has 4 rings (SSSR count). The largest absolute Gasteiger partial charge is 0.397 e. The monoisotopic (exact) mass is 338 g/mol. The fourth-order valence-electron chi connectivity index (χ4n) is 3.59. The number of anilines is 3. The van der Waals surface area contributed by atoms with Gasteiger partial charge in [0.25, 0.3) is 0 Å². The van der Waals surface area contributed by atoms with Gasteiger partial charge in [0.1, 0.15) is 0 Å². The molecule has 4 N–H and O–H groups in total. The number of rotatable bonds is 2. The summed E-state index contributed by atoms with van der Waals surface area (Å²) >= 11 is 0. The molecule has 2 aliphatic rings. The Morgan fingerprint density at radius 1 is 0.840 bits per heavy atom. The van der Waals surface area contributed by atoms with Gasteiger partial charge < -0.3 is 21.3 Å². The van der Waals surface area contributed by atoms with Gasteiger partial charge in [-0.2, -0.15) is 0 Å².